The van der Waals surface area contributed by atoms with Crippen molar-refractivity contribution in [2.45, 2.75) is 20.3 Å². The van der Waals surface area contributed by atoms with Gasteiger partial charge in [0.25, 0.3) is 0 Å². The molecule has 0 aliphatic carbocycles. The van der Waals surface area contributed by atoms with Gasteiger partial charge in [-0.1, -0.05) is 13.8 Å². The number of rotatable bonds is 8. The van der Waals surface area contributed by atoms with Gasteiger partial charge in [0.15, 0.2) is 0 Å². The van der Waals surface area contributed by atoms with Gasteiger partial charge in [-0.15, -0.1) is 0 Å². The van der Waals surface area contributed by atoms with Gasteiger partial charge < -0.3 is 14.5 Å². The minimum absolute atomic E-state index is 0.0628. The molecule has 3 amide bonds. The number of benzene rings is 1. The van der Waals surface area contributed by atoms with Gasteiger partial charge >= 0.3 is 0 Å². The van der Waals surface area contributed by atoms with Crippen molar-refractivity contribution in [1.82, 2.24) is 9.80 Å². The second-order valence-electron chi connectivity index (χ2n) is 6.94. The summed E-state index contributed by atoms with van der Waals surface area (Å²) in [5, 5.41) is 0. The summed E-state index contributed by atoms with van der Waals surface area (Å²) in [7, 11) is 1.53. The molecule has 0 atom stereocenters. The van der Waals surface area contributed by atoms with E-state index in [9.17, 15) is 18.8 Å². The Labute approximate surface area is 158 Å². The highest BCUT2D eigenvalue weighted by molar-refractivity contribution is 6.00. The highest BCUT2D eigenvalue weighted by atomic mass is 19.1. The SMILES string of the molecule is COCCN(CC(=O)N1CC(=O)N(c2ccc(F)cc2)C1)C(=O)CC(C)C. The molecule has 1 saturated heterocycles. The van der Waals surface area contributed by atoms with Gasteiger partial charge in [-0.3, -0.25) is 19.3 Å². The maximum Gasteiger partial charge on any atom is 0.248 e. The lowest BCUT2D eigenvalue weighted by Gasteiger charge is -2.25. The second-order valence-corrected chi connectivity index (χ2v) is 6.94. The van der Waals surface area contributed by atoms with E-state index in [4.69, 9.17) is 4.74 Å². The van der Waals surface area contributed by atoms with Crippen molar-refractivity contribution in [3.05, 3.63) is 30.1 Å². The molecule has 8 heteroatoms. The van der Waals surface area contributed by atoms with E-state index < -0.39 is 5.82 Å². The van der Waals surface area contributed by atoms with Gasteiger partial charge in [0.1, 0.15) is 19.0 Å². The van der Waals surface area contributed by atoms with E-state index in [1.54, 1.807) is 0 Å². The Morgan fingerprint density at radius 1 is 1.26 bits per heavy atom. The molecule has 0 aromatic heterocycles. The molecule has 2 rings (SSSR count). The quantitative estimate of drug-likeness (QED) is 0.686. The first-order chi connectivity index (χ1) is 12.8. The molecule has 1 aromatic carbocycles. The van der Waals surface area contributed by atoms with Gasteiger partial charge in [-0.2, -0.15) is 0 Å². The Hall–Kier alpha value is -2.48. The molecule has 148 valence electrons. The molecular weight excluding hydrogens is 353 g/mol. The van der Waals surface area contributed by atoms with Gasteiger partial charge in [-0.05, 0) is 30.2 Å². The standard InChI is InChI=1S/C19H26FN3O4/c1-14(2)10-17(24)21(8-9-27-3)11-18(25)22-12-19(26)23(13-22)16-6-4-15(20)5-7-16/h4-7,14H,8-13H2,1-3H3. The van der Waals surface area contributed by atoms with Crippen LogP contribution in [0.15, 0.2) is 24.3 Å². The molecular formula is C19H26FN3O4. The molecule has 7 nitrogen and oxygen atoms in total. The zero-order valence-electron chi connectivity index (χ0n) is 16.0. The van der Waals surface area contributed by atoms with E-state index in [-0.39, 0.29) is 43.4 Å². The van der Waals surface area contributed by atoms with Crippen LogP contribution in [0.2, 0.25) is 0 Å². The normalized spacial score (nSPS) is 14.2. The molecule has 1 aromatic rings. The molecule has 0 spiro atoms. The van der Waals surface area contributed by atoms with Crippen molar-refractivity contribution in [3.63, 3.8) is 0 Å². The molecule has 27 heavy (non-hydrogen) atoms. The molecule has 0 N–H and O–H groups in total. The Balaban J connectivity index is 2.01. The van der Waals surface area contributed by atoms with E-state index in [1.807, 2.05) is 13.8 Å². The van der Waals surface area contributed by atoms with E-state index in [0.717, 1.165) is 0 Å². The zero-order valence-corrected chi connectivity index (χ0v) is 16.0. The van der Waals surface area contributed by atoms with Crippen molar-refractivity contribution in [3.8, 4) is 0 Å². The van der Waals surface area contributed by atoms with E-state index in [0.29, 0.717) is 25.3 Å². The number of halogens is 1. The van der Waals surface area contributed by atoms with Gasteiger partial charge in [0, 0.05) is 25.8 Å². The van der Waals surface area contributed by atoms with Gasteiger partial charge in [0.05, 0.1) is 13.2 Å². The fraction of sp³-hybridized carbons (Fsp3) is 0.526. The average Bonchev–Trinajstić information content (AvgIpc) is 3.00. The maximum absolute atomic E-state index is 13.1. The first kappa shape index (κ1) is 20.8. The van der Waals surface area contributed by atoms with Crippen LogP contribution in [0.5, 0.6) is 0 Å². The lowest BCUT2D eigenvalue weighted by atomic mass is 10.1. The number of hydrogen-bond donors (Lipinski definition) is 0. The van der Waals surface area contributed by atoms with Gasteiger partial charge in [0.2, 0.25) is 17.7 Å². The first-order valence-corrected chi connectivity index (χ1v) is 8.92. The van der Waals surface area contributed by atoms with Crippen LogP contribution in [0.4, 0.5) is 10.1 Å². The van der Waals surface area contributed by atoms with Crippen LogP contribution in [-0.2, 0) is 19.1 Å². The molecule has 1 aliphatic rings. The molecule has 0 radical (unpaired) electrons. The fourth-order valence-corrected chi connectivity index (χ4v) is 2.80. The molecule has 0 bridgehead atoms. The molecule has 1 fully saturated rings. The van der Waals surface area contributed by atoms with Crippen molar-refractivity contribution >= 4 is 23.4 Å². The summed E-state index contributed by atoms with van der Waals surface area (Å²) in [6.45, 7) is 4.45. The summed E-state index contributed by atoms with van der Waals surface area (Å²) >= 11 is 0. The molecule has 1 heterocycles. The van der Waals surface area contributed by atoms with Crippen LogP contribution in [-0.4, -0.2) is 67.5 Å². The van der Waals surface area contributed by atoms with Crippen LogP contribution in [0.3, 0.4) is 0 Å². The van der Waals surface area contributed by atoms with E-state index >= 15 is 0 Å². The van der Waals surface area contributed by atoms with Crippen LogP contribution in [0, 0.1) is 11.7 Å². The monoisotopic (exact) mass is 379 g/mol. The van der Waals surface area contributed by atoms with Crippen LogP contribution < -0.4 is 4.90 Å². The number of carbonyl (C=O) groups is 3. The third-order valence-corrected chi connectivity index (χ3v) is 4.26. The number of hydrogen-bond acceptors (Lipinski definition) is 4. The second kappa shape index (κ2) is 9.45. The third-order valence-electron chi connectivity index (χ3n) is 4.26. The number of ether oxygens (including phenoxy) is 1. The summed E-state index contributed by atoms with van der Waals surface area (Å²) in [6, 6.07) is 5.53. The van der Waals surface area contributed by atoms with Crippen LogP contribution in [0.1, 0.15) is 20.3 Å². The molecule has 1 aliphatic heterocycles. The highest BCUT2D eigenvalue weighted by Crippen LogP contribution is 2.20. The Morgan fingerprint density at radius 2 is 1.93 bits per heavy atom. The largest absolute Gasteiger partial charge is 0.383 e. The first-order valence-electron chi connectivity index (χ1n) is 8.92. The summed E-state index contributed by atoms with van der Waals surface area (Å²) in [5.41, 5.74) is 0.531. The minimum atomic E-state index is -0.393. The summed E-state index contributed by atoms with van der Waals surface area (Å²) < 4.78 is 18.1. The summed E-state index contributed by atoms with van der Waals surface area (Å²) in [5.74, 6) is -0.875. The number of nitrogens with zero attached hydrogens (tertiary/aromatic N) is 3. The Kier molecular flexibility index (Phi) is 7.29. The van der Waals surface area contributed by atoms with Crippen molar-refractivity contribution < 1.29 is 23.5 Å². The minimum Gasteiger partial charge on any atom is -0.383 e. The van der Waals surface area contributed by atoms with Crippen LogP contribution >= 0.6 is 0 Å². The van der Waals surface area contributed by atoms with Crippen molar-refractivity contribution in [1.29, 1.82) is 0 Å². The maximum atomic E-state index is 13.1. The number of methoxy groups -OCH3 is 1. The van der Waals surface area contributed by atoms with Crippen molar-refractivity contribution in [2.75, 3.05) is 44.9 Å². The van der Waals surface area contributed by atoms with Crippen LogP contribution in [0.25, 0.3) is 0 Å². The Bertz CT molecular complexity index is 678. The topological polar surface area (TPSA) is 70.2 Å². The van der Waals surface area contributed by atoms with Gasteiger partial charge in [-0.25, -0.2) is 4.39 Å². The predicted molar refractivity (Wildman–Crippen MR) is 98.4 cm³/mol. The summed E-state index contributed by atoms with van der Waals surface area (Å²) in [4.78, 5) is 41.6. The predicted octanol–water partition coefficient (Wildman–Crippen LogP) is 1.48. The zero-order chi connectivity index (χ0) is 20.0. The third kappa shape index (κ3) is 5.75. The molecule has 0 saturated carbocycles. The highest BCUT2D eigenvalue weighted by Gasteiger charge is 2.33. The summed E-state index contributed by atoms with van der Waals surface area (Å²) in [6.07, 6.45) is 0.345. The van der Waals surface area contributed by atoms with E-state index in [2.05, 4.69) is 0 Å². The fourth-order valence-electron chi connectivity index (χ4n) is 2.80. The van der Waals surface area contributed by atoms with Crippen molar-refractivity contribution in [2.24, 2.45) is 5.92 Å². The Morgan fingerprint density at radius 3 is 2.52 bits per heavy atom. The number of anilines is 1. The van der Waals surface area contributed by atoms with E-state index in [1.165, 1.54) is 46.1 Å². The number of amides is 3. The lowest BCUT2D eigenvalue weighted by molar-refractivity contribution is -0.141. The average molecular weight is 379 g/mol. The smallest absolute Gasteiger partial charge is 0.248 e. The molecule has 0 unspecified atom stereocenters. The lowest BCUT2D eigenvalue weighted by Crippen LogP contribution is -2.44. The number of carbonyl (C=O) groups excluding carboxylic acids is 3.